The molecule has 2 atom stereocenters. The van der Waals surface area contributed by atoms with Crippen molar-refractivity contribution in [2.75, 3.05) is 26.3 Å². The van der Waals surface area contributed by atoms with Crippen LogP contribution in [0.2, 0.25) is 0 Å². The van der Waals surface area contributed by atoms with Gasteiger partial charge in [-0.25, -0.2) is 0 Å². The van der Waals surface area contributed by atoms with Crippen molar-refractivity contribution in [3.8, 4) is 0 Å². The van der Waals surface area contributed by atoms with Crippen molar-refractivity contribution in [1.82, 2.24) is 4.90 Å². The maximum absolute atomic E-state index is 10.9. The molecule has 0 bridgehead atoms. The van der Waals surface area contributed by atoms with Gasteiger partial charge in [-0.1, -0.05) is 0 Å². The Morgan fingerprint density at radius 3 is 2.86 bits per heavy atom. The van der Waals surface area contributed by atoms with Crippen molar-refractivity contribution >= 4 is 5.78 Å². The van der Waals surface area contributed by atoms with Gasteiger partial charge < -0.3 is 14.9 Å². The zero-order valence-corrected chi connectivity index (χ0v) is 8.56. The van der Waals surface area contributed by atoms with E-state index in [1.165, 1.54) is 6.92 Å². The van der Waals surface area contributed by atoms with Gasteiger partial charge in [-0.3, -0.25) is 9.69 Å². The number of morpholine rings is 1. The lowest BCUT2D eigenvalue weighted by molar-refractivity contribution is -0.223. The topological polar surface area (TPSA) is 70.0 Å². The van der Waals surface area contributed by atoms with Gasteiger partial charge in [0.25, 0.3) is 0 Å². The summed E-state index contributed by atoms with van der Waals surface area (Å²) in [6.07, 6.45) is -0.926. The van der Waals surface area contributed by atoms with Crippen molar-refractivity contribution in [2.24, 2.45) is 0 Å². The van der Waals surface area contributed by atoms with Crippen LogP contribution in [0.25, 0.3) is 0 Å². The summed E-state index contributed by atoms with van der Waals surface area (Å²) in [6.45, 7) is 3.96. The van der Waals surface area contributed by atoms with E-state index in [2.05, 4.69) is 0 Å². The van der Waals surface area contributed by atoms with Gasteiger partial charge in [-0.15, -0.1) is 0 Å². The standard InChI is InChI=1S/C9H17NO4/c1-7(12)5-10-3-4-14-9(2,6-11)8(10)13/h8,11,13H,3-6H2,1-2H3. The highest BCUT2D eigenvalue weighted by atomic mass is 16.5. The Bertz CT molecular complexity index is 221. The van der Waals surface area contributed by atoms with E-state index in [0.717, 1.165) is 0 Å². The minimum absolute atomic E-state index is 0.00811. The maximum Gasteiger partial charge on any atom is 0.143 e. The first-order valence-corrected chi connectivity index (χ1v) is 4.66. The molecule has 1 heterocycles. The minimum Gasteiger partial charge on any atom is -0.393 e. The van der Waals surface area contributed by atoms with Crippen molar-refractivity contribution in [2.45, 2.75) is 25.7 Å². The zero-order chi connectivity index (χ0) is 10.8. The average molecular weight is 203 g/mol. The van der Waals surface area contributed by atoms with E-state index >= 15 is 0 Å². The molecule has 2 N–H and O–H groups in total. The Labute approximate surface area is 83.3 Å². The lowest BCUT2D eigenvalue weighted by atomic mass is 10.0. The first kappa shape index (κ1) is 11.6. The van der Waals surface area contributed by atoms with E-state index in [-0.39, 0.29) is 18.9 Å². The molecule has 0 amide bonds. The second kappa shape index (κ2) is 4.35. The maximum atomic E-state index is 10.9. The van der Waals surface area contributed by atoms with Gasteiger partial charge in [-0.2, -0.15) is 0 Å². The predicted octanol–water partition coefficient (Wildman–Crippen LogP) is -1.02. The number of hydrogen-bond acceptors (Lipinski definition) is 5. The third-order valence-electron chi connectivity index (χ3n) is 2.44. The van der Waals surface area contributed by atoms with Gasteiger partial charge in [0, 0.05) is 6.54 Å². The van der Waals surface area contributed by atoms with Crippen LogP contribution in [0.1, 0.15) is 13.8 Å². The fourth-order valence-corrected chi connectivity index (χ4v) is 1.56. The van der Waals surface area contributed by atoms with Crippen LogP contribution < -0.4 is 0 Å². The smallest absolute Gasteiger partial charge is 0.143 e. The molecular weight excluding hydrogens is 186 g/mol. The first-order valence-electron chi connectivity index (χ1n) is 4.66. The molecule has 0 aromatic carbocycles. The second-order valence-electron chi connectivity index (χ2n) is 3.87. The van der Waals surface area contributed by atoms with E-state index in [4.69, 9.17) is 9.84 Å². The molecule has 0 aliphatic carbocycles. The number of nitrogens with zero attached hydrogens (tertiary/aromatic N) is 1. The van der Waals surface area contributed by atoms with E-state index < -0.39 is 11.8 Å². The highest BCUT2D eigenvalue weighted by Crippen LogP contribution is 2.22. The summed E-state index contributed by atoms with van der Waals surface area (Å²) in [4.78, 5) is 12.5. The summed E-state index contributed by atoms with van der Waals surface area (Å²) < 4.78 is 5.29. The molecule has 5 nitrogen and oxygen atoms in total. The number of hydrogen-bond donors (Lipinski definition) is 2. The first-order chi connectivity index (χ1) is 6.49. The van der Waals surface area contributed by atoms with Gasteiger partial charge in [-0.05, 0) is 13.8 Å². The van der Waals surface area contributed by atoms with Gasteiger partial charge >= 0.3 is 0 Å². The summed E-state index contributed by atoms with van der Waals surface area (Å²) in [7, 11) is 0. The summed E-state index contributed by atoms with van der Waals surface area (Å²) in [5.74, 6) is -0.00811. The average Bonchev–Trinajstić information content (AvgIpc) is 2.12. The Balaban J connectivity index is 2.65. The van der Waals surface area contributed by atoms with Crippen LogP contribution in [0.15, 0.2) is 0 Å². The fraction of sp³-hybridized carbons (Fsp3) is 0.889. The normalized spacial score (nSPS) is 34.4. The van der Waals surface area contributed by atoms with Crippen LogP contribution in [0.3, 0.4) is 0 Å². The van der Waals surface area contributed by atoms with Crippen molar-refractivity contribution < 1.29 is 19.7 Å². The van der Waals surface area contributed by atoms with Crippen LogP contribution in [0, 0.1) is 0 Å². The fourth-order valence-electron chi connectivity index (χ4n) is 1.56. The number of ketones is 1. The van der Waals surface area contributed by atoms with Crippen LogP contribution >= 0.6 is 0 Å². The Morgan fingerprint density at radius 1 is 1.71 bits per heavy atom. The number of rotatable bonds is 3. The number of carbonyl (C=O) groups excluding carboxylic acids is 1. The molecule has 0 aromatic heterocycles. The van der Waals surface area contributed by atoms with E-state index in [1.54, 1.807) is 11.8 Å². The molecule has 1 aliphatic heterocycles. The molecule has 2 unspecified atom stereocenters. The molecule has 1 saturated heterocycles. The largest absolute Gasteiger partial charge is 0.393 e. The molecule has 0 aromatic rings. The van der Waals surface area contributed by atoms with Crippen LogP contribution in [-0.4, -0.2) is 59.0 Å². The molecular formula is C9H17NO4. The molecule has 1 fully saturated rings. The molecule has 0 saturated carbocycles. The molecule has 5 heteroatoms. The van der Waals surface area contributed by atoms with Crippen LogP contribution in [0.5, 0.6) is 0 Å². The summed E-state index contributed by atoms with van der Waals surface area (Å²) in [5.41, 5.74) is -0.978. The number of aliphatic hydroxyl groups is 2. The van der Waals surface area contributed by atoms with Crippen molar-refractivity contribution in [3.05, 3.63) is 0 Å². The summed E-state index contributed by atoms with van der Waals surface area (Å²) >= 11 is 0. The molecule has 82 valence electrons. The summed E-state index contributed by atoms with van der Waals surface area (Å²) in [5, 5.41) is 18.9. The van der Waals surface area contributed by atoms with Crippen molar-refractivity contribution in [3.63, 3.8) is 0 Å². The Hall–Kier alpha value is -0.490. The van der Waals surface area contributed by atoms with Crippen LogP contribution in [0.4, 0.5) is 0 Å². The highest BCUT2D eigenvalue weighted by Gasteiger charge is 2.41. The van der Waals surface area contributed by atoms with Crippen molar-refractivity contribution in [1.29, 1.82) is 0 Å². The van der Waals surface area contributed by atoms with E-state index in [1.807, 2.05) is 0 Å². The van der Waals surface area contributed by atoms with E-state index in [0.29, 0.717) is 13.2 Å². The number of carbonyl (C=O) groups is 1. The van der Waals surface area contributed by atoms with Gasteiger partial charge in [0.2, 0.25) is 0 Å². The highest BCUT2D eigenvalue weighted by molar-refractivity contribution is 5.77. The third kappa shape index (κ3) is 2.30. The Morgan fingerprint density at radius 2 is 2.36 bits per heavy atom. The van der Waals surface area contributed by atoms with Gasteiger partial charge in [0.05, 0.1) is 19.8 Å². The lowest BCUT2D eigenvalue weighted by Crippen LogP contribution is -2.60. The molecule has 1 aliphatic rings. The Kier molecular flexibility index (Phi) is 3.60. The zero-order valence-electron chi connectivity index (χ0n) is 8.56. The molecule has 0 radical (unpaired) electrons. The third-order valence-corrected chi connectivity index (χ3v) is 2.44. The van der Waals surface area contributed by atoms with Gasteiger partial charge in [0.1, 0.15) is 17.6 Å². The monoisotopic (exact) mass is 203 g/mol. The number of Topliss-reactive ketones (excluding diaryl/α,β-unsaturated/α-hetero) is 1. The van der Waals surface area contributed by atoms with E-state index in [9.17, 15) is 9.90 Å². The number of ether oxygens (including phenoxy) is 1. The SMILES string of the molecule is CC(=O)CN1CCOC(C)(CO)C1O. The van der Waals surface area contributed by atoms with Crippen LogP contribution in [-0.2, 0) is 9.53 Å². The quantitative estimate of drug-likeness (QED) is 0.614. The number of aliphatic hydroxyl groups excluding tert-OH is 2. The lowest BCUT2D eigenvalue weighted by Gasteiger charge is -2.43. The minimum atomic E-state index is -0.978. The molecule has 1 rings (SSSR count). The second-order valence-corrected chi connectivity index (χ2v) is 3.87. The molecule has 14 heavy (non-hydrogen) atoms. The summed E-state index contributed by atoms with van der Waals surface area (Å²) in [6, 6.07) is 0. The van der Waals surface area contributed by atoms with Gasteiger partial charge in [0.15, 0.2) is 0 Å². The molecule has 0 spiro atoms. The predicted molar refractivity (Wildman–Crippen MR) is 49.7 cm³/mol.